The maximum absolute atomic E-state index is 9.83. The summed E-state index contributed by atoms with van der Waals surface area (Å²) >= 11 is 0. The van der Waals surface area contributed by atoms with Crippen LogP contribution >= 0.6 is 0 Å². The molecule has 4 nitrogen and oxygen atoms in total. The molecule has 21 heavy (non-hydrogen) atoms. The number of nitrogens with zero attached hydrogens (tertiary/aromatic N) is 1. The predicted octanol–water partition coefficient (Wildman–Crippen LogP) is 3.47. The van der Waals surface area contributed by atoms with Crippen LogP contribution < -0.4 is 0 Å². The van der Waals surface area contributed by atoms with Gasteiger partial charge in [0.05, 0.1) is 31.3 Å². The van der Waals surface area contributed by atoms with E-state index in [0.29, 0.717) is 38.1 Å². The Morgan fingerprint density at radius 2 is 1.48 bits per heavy atom. The predicted molar refractivity (Wildman–Crippen MR) is 78.2 cm³/mol. The van der Waals surface area contributed by atoms with Crippen molar-refractivity contribution in [3.63, 3.8) is 0 Å². The number of hydrogen-bond acceptors (Lipinski definition) is 4. The SMILES string of the molecule is CCC1CC(C#N)(CC23OCC(C)(CO2)CO3)CC1CC. The molecule has 0 aromatic rings. The monoisotopic (exact) mass is 293 g/mol. The van der Waals surface area contributed by atoms with E-state index in [2.05, 4.69) is 26.8 Å². The van der Waals surface area contributed by atoms with Crippen LogP contribution in [-0.2, 0) is 14.2 Å². The molecule has 0 radical (unpaired) electrons. The van der Waals surface area contributed by atoms with E-state index in [4.69, 9.17) is 14.2 Å². The van der Waals surface area contributed by atoms with Crippen LogP contribution in [0, 0.1) is 34.0 Å². The van der Waals surface area contributed by atoms with Gasteiger partial charge in [0.2, 0.25) is 0 Å². The normalized spacial score (nSPS) is 49.2. The van der Waals surface area contributed by atoms with Crippen LogP contribution in [-0.4, -0.2) is 25.8 Å². The van der Waals surface area contributed by atoms with Crippen molar-refractivity contribution < 1.29 is 14.2 Å². The van der Waals surface area contributed by atoms with Crippen LogP contribution in [0.3, 0.4) is 0 Å². The minimum Gasteiger partial charge on any atom is -0.327 e. The smallest absolute Gasteiger partial charge is 0.284 e. The molecule has 0 N–H and O–H groups in total. The summed E-state index contributed by atoms with van der Waals surface area (Å²) in [7, 11) is 0. The van der Waals surface area contributed by atoms with Crippen LogP contribution in [0.1, 0.15) is 52.9 Å². The fraction of sp³-hybridized carbons (Fsp3) is 0.941. The fourth-order valence-electron chi connectivity index (χ4n) is 4.32. The van der Waals surface area contributed by atoms with Gasteiger partial charge in [-0.25, -0.2) is 0 Å². The Labute approximate surface area is 127 Å². The fourth-order valence-corrected chi connectivity index (χ4v) is 4.32. The minimum atomic E-state index is -0.964. The summed E-state index contributed by atoms with van der Waals surface area (Å²) in [5.41, 5.74) is -0.373. The van der Waals surface area contributed by atoms with E-state index in [1.807, 2.05) is 0 Å². The summed E-state index contributed by atoms with van der Waals surface area (Å²) in [4.78, 5) is 0. The second kappa shape index (κ2) is 5.22. The average molecular weight is 293 g/mol. The third kappa shape index (κ3) is 2.60. The Morgan fingerprint density at radius 1 is 1.00 bits per heavy atom. The first-order valence-electron chi connectivity index (χ1n) is 8.31. The molecule has 4 heteroatoms. The Bertz CT molecular complexity index is 405. The van der Waals surface area contributed by atoms with Crippen molar-refractivity contribution in [3.05, 3.63) is 0 Å². The quantitative estimate of drug-likeness (QED) is 0.796. The Kier molecular flexibility index (Phi) is 3.80. The van der Waals surface area contributed by atoms with Crippen molar-refractivity contribution in [1.29, 1.82) is 5.26 Å². The number of rotatable bonds is 4. The van der Waals surface area contributed by atoms with E-state index in [9.17, 15) is 5.26 Å². The van der Waals surface area contributed by atoms with Gasteiger partial charge in [-0.1, -0.05) is 33.6 Å². The molecule has 1 aliphatic carbocycles. The molecule has 2 atom stereocenters. The van der Waals surface area contributed by atoms with Crippen molar-refractivity contribution in [2.24, 2.45) is 22.7 Å². The third-order valence-corrected chi connectivity index (χ3v) is 5.73. The molecule has 0 spiro atoms. The Morgan fingerprint density at radius 3 is 1.86 bits per heavy atom. The maximum atomic E-state index is 9.83. The molecule has 3 heterocycles. The molecule has 118 valence electrons. The largest absolute Gasteiger partial charge is 0.327 e. The first kappa shape index (κ1) is 15.3. The summed E-state index contributed by atoms with van der Waals surface area (Å²) in [5, 5.41) is 9.83. The lowest BCUT2D eigenvalue weighted by Gasteiger charge is -2.51. The minimum absolute atomic E-state index is 0.0187. The molecule has 3 saturated heterocycles. The van der Waals surface area contributed by atoms with Crippen molar-refractivity contribution in [3.8, 4) is 6.07 Å². The number of ether oxygens (including phenoxy) is 3. The van der Waals surface area contributed by atoms with Crippen molar-refractivity contribution in [1.82, 2.24) is 0 Å². The highest BCUT2D eigenvalue weighted by Gasteiger charge is 2.56. The molecule has 0 aromatic carbocycles. The van der Waals surface area contributed by atoms with E-state index < -0.39 is 5.97 Å². The van der Waals surface area contributed by atoms with Crippen molar-refractivity contribution in [2.75, 3.05) is 19.8 Å². The van der Waals surface area contributed by atoms with Crippen LogP contribution in [0.25, 0.3) is 0 Å². The summed E-state index contributed by atoms with van der Waals surface area (Å²) in [5.74, 6) is 0.320. The average Bonchev–Trinajstić information content (AvgIpc) is 2.87. The second-order valence-electron chi connectivity index (χ2n) is 7.67. The van der Waals surface area contributed by atoms with Crippen LogP contribution in [0.2, 0.25) is 0 Å². The summed E-state index contributed by atoms with van der Waals surface area (Å²) in [6.07, 6.45) is 4.76. The molecule has 4 fully saturated rings. The number of fused-ring (bicyclic) bond motifs is 3. The topological polar surface area (TPSA) is 51.5 Å². The molecule has 0 amide bonds. The van der Waals surface area contributed by atoms with Crippen molar-refractivity contribution >= 4 is 0 Å². The molecule has 2 unspecified atom stereocenters. The molecule has 4 aliphatic rings. The highest BCUT2D eigenvalue weighted by Crippen LogP contribution is 2.54. The second-order valence-corrected chi connectivity index (χ2v) is 7.67. The van der Waals surface area contributed by atoms with Crippen LogP contribution in [0.15, 0.2) is 0 Å². The van der Waals surface area contributed by atoms with Gasteiger partial charge in [-0.2, -0.15) is 5.26 Å². The maximum Gasteiger partial charge on any atom is 0.284 e. The molecule has 0 aromatic heterocycles. The molecule has 3 aliphatic heterocycles. The van der Waals surface area contributed by atoms with Gasteiger partial charge >= 0.3 is 0 Å². The summed E-state index contributed by atoms with van der Waals surface area (Å²) < 4.78 is 17.7. The first-order chi connectivity index (χ1) is 9.98. The van der Waals surface area contributed by atoms with Crippen LogP contribution in [0.5, 0.6) is 0 Å². The zero-order valence-corrected chi connectivity index (χ0v) is 13.5. The van der Waals surface area contributed by atoms with E-state index in [1.54, 1.807) is 0 Å². The molecule has 1 saturated carbocycles. The highest BCUT2D eigenvalue weighted by molar-refractivity contribution is 5.08. The Hall–Kier alpha value is -0.630. The van der Waals surface area contributed by atoms with Gasteiger partial charge in [0.25, 0.3) is 5.97 Å². The third-order valence-electron chi connectivity index (χ3n) is 5.73. The van der Waals surface area contributed by atoms with Gasteiger partial charge in [0.1, 0.15) is 0 Å². The van der Waals surface area contributed by atoms with Gasteiger partial charge in [-0.3, -0.25) is 0 Å². The lowest BCUT2D eigenvalue weighted by Crippen LogP contribution is -2.60. The number of nitriles is 1. The lowest BCUT2D eigenvalue weighted by atomic mass is 9.80. The van der Waals surface area contributed by atoms with Crippen LogP contribution in [0.4, 0.5) is 0 Å². The lowest BCUT2D eigenvalue weighted by molar-refractivity contribution is -0.472. The number of hydrogen-bond donors (Lipinski definition) is 0. The van der Waals surface area contributed by atoms with Gasteiger partial charge in [-0.05, 0) is 24.7 Å². The van der Waals surface area contributed by atoms with Gasteiger partial charge in [0, 0.05) is 11.8 Å². The van der Waals surface area contributed by atoms with Gasteiger partial charge in [-0.15, -0.1) is 0 Å². The Balaban J connectivity index is 1.75. The molecular formula is C17H27NO3. The zero-order chi connectivity index (χ0) is 15.1. The molecule has 2 bridgehead atoms. The highest BCUT2D eigenvalue weighted by atomic mass is 16.9. The first-order valence-corrected chi connectivity index (χ1v) is 8.31. The molecular weight excluding hydrogens is 266 g/mol. The van der Waals surface area contributed by atoms with E-state index in [0.717, 1.165) is 25.7 Å². The standard InChI is InChI=1S/C17H27NO3/c1-4-13-6-16(9-18,7-14(13)5-2)8-17-19-10-15(3,11-20-17)12-21-17/h13-14H,4-8,10-12H2,1-3H3. The van der Waals surface area contributed by atoms with Gasteiger partial charge in [0.15, 0.2) is 0 Å². The van der Waals surface area contributed by atoms with E-state index >= 15 is 0 Å². The van der Waals surface area contributed by atoms with Gasteiger partial charge < -0.3 is 14.2 Å². The summed E-state index contributed by atoms with van der Waals surface area (Å²) in [6, 6.07) is 2.60. The van der Waals surface area contributed by atoms with E-state index in [-0.39, 0.29) is 10.8 Å². The van der Waals surface area contributed by atoms with E-state index in [1.165, 1.54) is 0 Å². The zero-order valence-electron chi connectivity index (χ0n) is 13.5. The molecule has 4 rings (SSSR count). The summed E-state index contributed by atoms with van der Waals surface area (Å²) in [6.45, 7) is 8.59. The van der Waals surface area contributed by atoms with Crippen molar-refractivity contribution in [2.45, 2.75) is 58.8 Å².